The van der Waals surface area contributed by atoms with Crippen molar-refractivity contribution >= 4 is 27.8 Å². The fourth-order valence-corrected chi connectivity index (χ4v) is 2.87. The van der Waals surface area contributed by atoms with Crippen molar-refractivity contribution in [2.45, 2.75) is 0 Å². The summed E-state index contributed by atoms with van der Waals surface area (Å²) in [6.07, 6.45) is 7.19. The van der Waals surface area contributed by atoms with Gasteiger partial charge in [-0.2, -0.15) is 5.10 Å². The van der Waals surface area contributed by atoms with Gasteiger partial charge in [-0.1, -0.05) is 30.9 Å². The van der Waals surface area contributed by atoms with E-state index in [4.69, 9.17) is 0 Å². The molecule has 0 saturated carbocycles. The first-order valence-electron chi connectivity index (χ1n) is 7.64. The Kier molecular flexibility index (Phi) is 3.24. The highest BCUT2D eigenvalue weighted by Crippen LogP contribution is 2.22. The number of fused-ring (bicyclic) bond motifs is 2. The van der Waals surface area contributed by atoms with Crippen LogP contribution in [0.25, 0.3) is 38.9 Å². The van der Waals surface area contributed by atoms with Gasteiger partial charge >= 0.3 is 0 Å². The Balaban J connectivity index is 2.08. The molecular weight excluding hydrogens is 298 g/mol. The molecule has 0 aliphatic rings. The number of hydrogen-bond acceptors (Lipinski definition) is 3. The normalized spacial score (nSPS) is 11.0. The highest BCUT2D eigenvalue weighted by molar-refractivity contribution is 5.94. The lowest BCUT2D eigenvalue weighted by atomic mass is 10.1. The predicted octanol–water partition coefficient (Wildman–Crippen LogP) is 3.79. The highest BCUT2D eigenvalue weighted by Gasteiger charge is 2.07. The summed E-state index contributed by atoms with van der Waals surface area (Å²) in [6, 6.07) is 11.5. The Morgan fingerprint density at radius 3 is 2.62 bits per heavy atom. The zero-order valence-electron chi connectivity index (χ0n) is 13.2. The first-order chi connectivity index (χ1) is 11.7. The molecule has 2 heterocycles. The molecule has 0 aliphatic carbocycles. The molecule has 4 nitrogen and oxygen atoms in total. The van der Waals surface area contributed by atoms with Gasteiger partial charge < -0.3 is 0 Å². The molecule has 0 fully saturated rings. The molecule has 2 aromatic carbocycles. The third kappa shape index (κ3) is 2.29. The van der Waals surface area contributed by atoms with Crippen molar-refractivity contribution in [3.63, 3.8) is 0 Å². The monoisotopic (exact) mass is 313 g/mol. The number of benzene rings is 1. The van der Waals surface area contributed by atoms with Crippen LogP contribution in [0.5, 0.6) is 0 Å². The average Bonchev–Trinajstić information content (AvgIpc) is 2.99. The molecule has 0 unspecified atom stereocenters. The minimum atomic E-state index is -0.0214. The second kappa shape index (κ2) is 5.42. The minimum Gasteiger partial charge on any atom is -0.289 e. The molecule has 0 amide bonds. The first-order valence-corrected chi connectivity index (χ1v) is 7.64. The molecule has 0 saturated heterocycles. The summed E-state index contributed by atoms with van der Waals surface area (Å²) in [7, 11) is 1.86. The molecule has 0 radical (unpaired) electrons. The van der Waals surface area contributed by atoms with Gasteiger partial charge in [-0.3, -0.25) is 14.5 Å². The minimum absolute atomic E-state index is 0.0214. The summed E-state index contributed by atoms with van der Waals surface area (Å²) in [5, 5.41) is 6.35. The third-order valence-electron chi connectivity index (χ3n) is 4.18. The van der Waals surface area contributed by atoms with Crippen molar-refractivity contribution in [2.24, 2.45) is 7.05 Å². The SMILES string of the molecule is C=Cc1ccc2ccc3ncc(-c4cnn(C)c4)cc3c(=O)c2c1. The van der Waals surface area contributed by atoms with E-state index in [0.29, 0.717) is 16.3 Å². The molecule has 2 aromatic heterocycles. The predicted molar refractivity (Wildman–Crippen MR) is 97.8 cm³/mol. The van der Waals surface area contributed by atoms with E-state index in [1.807, 2.05) is 49.6 Å². The molecule has 4 heteroatoms. The van der Waals surface area contributed by atoms with Crippen LogP contribution in [0.2, 0.25) is 0 Å². The van der Waals surface area contributed by atoms with E-state index in [1.54, 1.807) is 23.2 Å². The number of aromatic nitrogens is 3. The maximum Gasteiger partial charge on any atom is 0.195 e. The van der Waals surface area contributed by atoms with E-state index in [0.717, 1.165) is 22.1 Å². The van der Waals surface area contributed by atoms with E-state index in [1.165, 1.54) is 0 Å². The van der Waals surface area contributed by atoms with Gasteiger partial charge in [-0.05, 0) is 29.1 Å². The van der Waals surface area contributed by atoms with Crippen LogP contribution in [0.1, 0.15) is 5.56 Å². The van der Waals surface area contributed by atoms with Crippen molar-refractivity contribution < 1.29 is 0 Å². The van der Waals surface area contributed by atoms with Crippen LogP contribution < -0.4 is 5.43 Å². The van der Waals surface area contributed by atoms with Crippen molar-refractivity contribution in [3.8, 4) is 11.1 Å². The fraction of sp³-hybridized carbons (Fsp3) is 0.0500. The lowest BCUT2D eigenvalue weighted by Crippen LogP contribution is -1.99. The van der Waals surface area contributed by atoms with Crippen LogP contribution in [-0.4, -0.2) is 14.8 Å². The second-order valence-corrected chi connectivity index (χ2v) is 5.77. The molecule has 0 spiro atoms. The van der Waals surface area contributed by atoms with E-state index in [-0.39, 0.29) is 5.43 Å². The number of rotatable bonds is 2. The van der Waals surface area contributed by atoms with Gasteiger partial charge in [0.25, 0.3) is 0 Å². The maximum atomic E-state index is 13.0. The summed E-state index contributed by atoms with van der Waals surface area (Å²) in [5.41, 5.74) is 3.41. The van der Waals surface area contributed by atoms with Crippen LogP contribution in [-0.2, 0) is 7.05 Å². The first kappa shape index (κ1) is 14.3. The largest absolute Gasteiger partial charge is 0.289 e. The van der Waals surface area contributed by atoms with Crippen molar-refractivity contribution in [1.29, 1.82) is 0 Å². The summed E-state index contributed by atoms with van der Waals surface area (Å²) in [5.74, 6) is 0. The van der Waals surface area contributed by atoms with Gasteiger partial charge in [-0.15, -0.1) is 0 Å². The summed E-state index contributed by atoms with van der Waals surface area (Å²) in [4.78, 5) is 17.5. The second-order valence-electron chi connectivity index (χ2n) is 5.77. The Labute approximate surface area is 138 Å². The quantitative estimate of drug-likeness (QED) is 0.565. The van der Waals surface area contributed by atoms with Crippen LogP contribution in [0.15, 0.2) is 66.4 Å². The van der Waals surface area contributed by atoms with Crippen molar-refractivity contribution in [3.05, 3.63) is 77.4 Å². The van der Waals surface area contributed by atoms with Crippen LogP contribution >= 0.6 is 0 Å². The topological polar surface area (TPSA) is 47.8 Å². The molecule has 0 atom stereocenters. The van der Waals surface area contributed by atoms with E-state index in [2.05, 4.69) is 16.7 Å². The van der Waals surface area contributed by atoms with Crippen LogP contribution in [0, 0.1) is 0 Å². The summed E-state index contributed by atoms with van der Waals surface area (Å²) >= 11 is 0. The molecule has 0 bridgehead atoms. The lowest BCUT2D eigenvalue weighted by Gasteiger charge is -1.98. The van der Waals surface area contributed by atoms with Gasteiger partial charge in [0.05, 0.1) is 11.7 Å². The highest BCUT2D eigenvalue weighted by atomic mass is 16.1. The van der Waals surface area contributed by atoms with Gasteiger partial charge in [-0.25, -0.2) is 0 Å². The third-order valence-corrected chi connectivity index (χ3v) is 4.18. The van der Waals surface area contributed by atoms with E-state index in [9.17, 15) is 4.79 Å². The maximum absolute atomic E-state index is 13.0. The van der Waals surface area contributed by atoms with E-state index >= 15 is 0 Å². The van der Waals surface area contributed by atoms with Crippen molar-refractivity contribution in [1.82, 2.24) is 14.8 Å². The number of nitrogens with zero attached hydrogens (tertiary/aromatic N) is 3. The van der Waals surface area contributed by atoms with Crippen LogP contribution in [0.3, 0.4) is 0 Å². The lowest BCUT2D eigenvalue weighted by molar-refractivity contribution is 0.768. The Hall–Kier alpha value is -3.27. The molecule has 116 valence electrons. The average molecular weight is 313 g/mol. The smallest absolute Gasteiger partial charge is 0.195 e. The molecular formula is C20H15N3O. The number of aryl methyl sites for hydroxylation is 1. The summed E-state index contributed by atoms with van der Waals surface area (Å²) < 4.78 is 1.73. The van der Waals surface area contributed by atoms with Crippen molar-refractivity contribution in [2.75, 3.05) is 0 Å². The van der Waals surface area contributed by atoms with E-state index < -0.39 is 0 Å². The van der Waals surface area contributed by atoms with Crippen LogP contribution in [0.4, 0.5) is 0 Å². The zero-order valence-corrected chi connectivity index (χ0v) is 13.2. The molecule has 0 N–H and O–H groups in total. The fourth-order valence-electron chi connectivity index (χ4n) is 2.87. The van der Waals surface area contributed by atoms with Gasteiger partial charge in [0.2, 0.25) is 0 Å². The molecule has 4 rings (SSSR count). The molecule has 0 aliphatic heterocycles. The molecule has 4 aromatic rings. The Bertz CT molecular complexity index is 1160. The standard InChI is InChI=1S/C20H15N3O/c1-3-13-4-5-14-6-7-19-18(20(24)17(14)8-13)9-15(10-21-19)16-11-22-23(2)12-16/h3-12H,1H2,2H3. The Morgan fingerprint density at radius 2 is 1.88 bits per heavy atom. The summed E-state index contributed by atoms with van der Waals surface area (Å²) in [6.45, 7) is 3.78. The van der Waals surface area contributed by atoms with Gasteiger partial charge in [0.15, 0.2) is 5.43 Å². The number of pyridine rings is 1. The Morgan fingerprint density at radius 1 is 1.04 bits per heavy atom. The zero-order chi connectivity index (χ0) is 16.7. The molecule has 24 heavy (non-hydrogen) atoms. The number of hydrogen-bond donors (Lipinski definition) is 0. The van der Waals surface area contributed by atoms with Gasteiger partial charge in [0.1, 0.15) is 0 Å². The van der Waals surface area contributed by atoms with Gasteiger partial charge in [0, 0.05) is 41.3 Å².